The van der Waals surface area contributed by atoms with Crippen LogP contribution in [0, 0.1) is 6.92 Å². The van der Waals surface area contributed by atoms with Gasteiger partial charge in [-0.25, -0.2) is 9.97 Å². The number of carbonyl (C=O) groups is 1. The maximum absolute atomic E-state index is 11.8. The van der Waals surface area contributed by atoms with Crippen LogP contribution in [0.15, 0.2) is 0 Å². The van der Waals surface area contributed by atoms with E-state index in [2.05, 4.69) is 22.2 Å². The first-order valence-electron chi connectivity index (χ1n) is 9.03. The average molecular weight is 333 g/mol. The Balaban J connectivity index is 1.34. The van der Waals surface area contributed by atoms with Crippen LogP contribution in [0.3, 0.4) is 0 Å². The van der Waals surface area contributed by atoms with Crippen molar-refractivity contribution in [2.75, 3.05) is 26.4 Å². The van der Waals surface area contributed by atoms with E-state index < -0.39 is 0 Å². The topological polar surface area (TPSA) is 73.3 Å². The van der Waals surface area contributed by atoms with Crippen molar-refractivity contribution < 1.29 is 14.3 Å². The van der Waals surface area contributed by atoms with Gasteiger partial charge in [0, 0.05) is 31.0 Å². The van der Waals surface area contributed by atoms with Crippen molar-refractivity contribution in [3.05, 3.63) is 22.8 Å². The lowest BCUT2D eigenvalue weighted by molar-refractivity contribution is -0.127. The van der Waals surface area contributed by atoms with Crippen LogP contribution in [0.5, 0.6) is 0 Å². The van der Waals surface area contributed by atoms with Gasteiger partial charge in [0.2, 0.25) is 5.91 Å². The Morgan fingerprint density at radius 1 is 1.29 bits per heavy atom. The van der Waals surface area contributed by atoms with E-state index in [4.69, 9.17) is 9.47 Å². The third-order valence-electron chi connectivity index (χ3n) is 4.67. The van der Waals surface area contributed by atoms with Crippen LogP contribution in [0.1, 0.15) is 48.5 Å². The first kappa shape index (κ1) is 17.3. The highest BCUT2D eigenvalue weighted by atomic mass is 16.5. The fourth-order valence-electron chi connectivity index (χ4n) is 3.38. The Labute approximate surface area is 143 Å². The third-order valence-corrected chi connectivity index (χ3v) is 4.67. The minimum Gasteiger partial charge on any atom is -0.376 e. The highest BCUT2D eigenvalue weighted by Gasteiger charge is 2.17. The molecule has 0 radical (unpaired) electrons. The SMILES string of the molecule is Cc1nc(CCNC(=O)COCC2CCCCO2)nc2c1CCC2. The minimum atomic E-state index is -0.0938. The summed E-state index contributed by atoms with van der Waals surface area (Å²) < 4.78 is 11.0. The van der Waals surface area contributed by atoms with Gasteiger partial charge in [0.05, 0.1) is 12.7 Å². The number of carbonyl (C=O) groups excluding carboxylic acids is 1. The molecule has 6 heteroatoms. The number of rotatable bonds is 7. The van der Waals surface area contributed by atoms with E-state index in [1.807, 2.05) is 0 Å². The van der Waals surface area contributed by atoms with Crippen molar-refractivity contribution in [1.82, 2.24) is 15.3 Å². The molecule has 1 aromatic heterocycles. The predicted octanol–water partition coefficient (Wildman–Crippen LogP) is 1.52. The lowest BCUT2D eigenvalue weighted by Crippen LogP contribution is -2.32. The summed E-state index contributed by atoms with van der Waals surface area (Å²) in [4.78, 5) is 21.0. The predicted molar refractivity (Wildman–Crippen MR) is 89.9 cm³/mol. The summed E-state index contributed by atoms with van der Waals surface area (Å²) in [7, 11) is 0. The lowest BCUT2D eigenvalue weighted by Gasteiger charge is -2.22. The van der Waals surface area contributed by atoms with Crippen LogP contribution in [0.2, 0.25) is 0 Å². The molecule has 132 valence electrons. The summed E-state index contributed by atoms with van der Waals surface area (Å²) in [6.45, 7) is 3.99. The van der Waals surface area contributed by atoms with E-state index in [0.29, 0.717) is 19.6 Å². The van der Waals surface area contributed by atoms with Crippen LogP contribution in [0.4, 0.5) is 0 Å². The molecule has 1 aliphatic carbocycles. The molecule has 0 aromatic carbocycles. The van der Waals surface area contributed by atoms with Crippen LogP contribution in [-0.4, -0.2) is 48.3 Å². The van der Waals surface area contributed by atoms with E-state index in [-0.39, 0.29) is 18.6 Å². The fourth-order valence-corrected chi connectivity index (χ4v) is 3.38. The van der Waals surface area contributed by atoms with Crippen molar-refractivity contribution in [3.63, 3.8) is 0 Å². The zero-order chi connectivity index (χ0) is 16.8. The zero-order valence-corrected chi connectivity index (χ0v) is 14.5. The molecule has 0 saturated carbocycles. The molecule has 1 amide bonds. The van der Waals surface area contributed by atoms with E-state index in [1.165, 1.54) is 24.1 Å². The normalized spacial score (nSPS) is 20.0. The second-order valence-electron chi connectivity index (χ2n) is 6.61. The molecule has 1 saturated heterocycles. The maximum atomic E-state index is 11.8. The number of amides is 1. The number of aryl methyl sites for hydroxylation is 2. The van der Waals surface area contributed by atoms with Crippen LogP contribution in [0.25, 0.3) is 0 Å². The van der Waals surface area contributed by atoms with Gasteiger partial charge in [-0.2, -0.15) is 0 Å². The molecular weight excluding hydrogens is 306 g/mol. The summed E-state index contributed by atoms with van der Waals surface area (Å²) in [6.07, 6.45) is 7.46. The number of nitrogens with zero attached hydrogens (tertiary/aromatic N) is 2. The standard InChI is InChI=1S/C18H27N3O3/c1-13-15-6-4-7-16(15)21-17(20-13)8-9-19-18(22)12-23-11-14-5-2-3-10-24-14/h14H,2-12H2,1H3,(H,19,22). The van der Waals surface area contributed by atoms with Crippen molar-refractivity contribution in [1.29, 1.82) is 0 Å². The van der Waals surface area contributed by atoms with E-state index in [0.717, 1.165) is 43.8 Å². The minimum absolute atomic E-state index is 0.0872. The Bertz CT molecular complexity index is 571. The largest absolute Gasteiger partial charge is 0.376 e. The molecule has 1 unspecified atom stereocenters. The second-order valence-corrected chi connectivity index (χ2v) is 6.61. The first-order valence-corrected chi connectivity index (χ1v) is 9.03. The summed E-state index contributed by atoms with van der Waals surface area (Å²) in [5.41, 5.74) is 3.61. The summed E-state index contributed by atoms with van der Waals surface area (Å²) in [5, 5.41) is 2.87. The lowest BCUT2D eigenvalue weighted by atomic mass is 10.1. The van der Waals surface area contributed by atoms with Gasteiger partial charge in [0.15, 0.2) is 0 Å². The monoisotopic (exact) mass is 333 g/mol. The molecule has 1 N–H and O–H groups in total. The van der Waals surface area contributed by atoms with E-state index >= 15 is 0 Å². The smallest absolute Gasteiger partial charge is 0.246 e. The highest BCUT2D eigenvalue weighted by molar-refractivity contribution is 5.77. The molecule has 1 atom stereocenters. The van der Waals surface area contributed by atoms with Gasteiger partial charge in [-0.05, 0) is 51.0 Å². The van der Waals surface area contributed by atoms with Crippen LogP contribution >= 0.6 is 0 Å². The van der Waals surface area contributed by atoms with E-state index in [1.54, 1.807) is 0 Å². The summed E-state index contributed by atoms with van der Waals surface area (Å²) >= 11 is 0. The Kier molecular flexibility index (Phi) is 6.15. The molecule has 1 aromatic rings. The highest BCUT2D eigenvalue weighted by Crippen LogP contribution is 2.22. The number of nitrogens with one attached hydrogen (secondary N) is 1. The van der Waals surface area contributed by atoms with Crippen LogP contribution in [-0.2, 0) is 33.5 Å². The van der Waals surface area contributed by atoms with Crippen LogP contribution < -0.4 is 5.32 Å². The molecule has 2 heterocycles. The number of aromatic nitrogens is 2. The van der Waals surface area contributed by atoms with Crippen molar-refractivity contribution in [2.45, 2.75) is 58.0 Å². The van der Waals surface area contributed by atoms with Gasteiger partial charge in [-0.15, -0.1) is 0 Å². The molecule has 2 aliphatic rings. The molecule has 24 heavy (non-hydrogen) atoms. The number of hydrogen-bond donors (Lipinski definition) is 1. The Morgan fingerprint density at radius 2 is 2.21 bits per heavy atom. The molecule has 6 nitrogen and oxygen atoms in total. The van der Waals surface area contributed by atoms with Gasteiger partial charge in [-0.3, -0.25) is 4.79 Å². The molecule has 3 rings (SSSR count). The van der Waals surface area contributed by atoms with Crippen molar-refractivity contribution in [3.8, 4) is 0 Å². The molecule has 1 fully saturated rings. The number of ether oxygens (including phenoxy) is 2. The Hall–Kier alpha value is -1.53. The number of hydrogen-bond acceptors (Lipinski definition) is 5. The van der Waals surface area contributed by atoms with Gasteiger partial charge in [-0.1, -0.05) is 0 Å². The van der Waals surface area contributed by atoms with Gasteiger partial charge in [0.25, 0.3) is 0 Å². The van der Waals surface area contributed by atoms with Gasteiger partial charge < -0.3 is 14.8 Å². The molecule has 1 aliphatic heterocycles. The maximum Gasteiger partial charge on any atom is 0.246 e. The molecule has 0 spiro atoms. The molecule has 0 bridgehead atoms. The van der Waals surface area contributed by atoms with Gasteiger partial charge in [0.1, 0.15) is 12.4 Å². The summed E-state index contributed by atoms with van der Waals surface area (Å²) in [6, 6.07) is 0. The van der Waals surface area contributed by atoms with Crippen molar-refractivity contribution in [2.24, 2.45) is 0 Å². The third kappa shape index (κ3) is 4.74. The first-order chi connectivity index (χ1) is 11.7. The zero-order valence-electron chi connectivity index (χ0n) is 14.5. The fraction of sp³-hybridized carbons (Fsp3) is 0.722. The van der Waals surface area contributed by atoms with Gasteiger partial charge >= 0.3 is 0 Å². The summed E-state index contributed by atoms with van der Waals surface area (Å²) in [5.74, 6) is 0.730. The molecular formula is C18H27N3O3. The quantitative estimate of drug-likeness (QED) is 0.819. The average Bonchev–Trinajstić information content (AvgIpc) is 3.05. The number of fused-ring (bicyclic) bond motifs is 1. The van der Waals surface area contributed by atoms with Crippen molar-refractivity contribution >= 4 is 5.91 Å². The second kappa shape index (κ2) is 8.53. The Morgan fingerprint density at radius 3 is 3.04 bits per heavy atom. The van der Waals surface area contributed by atoms with E-state index in [9.17, 15) is 4.79 Å².